The number of fused-ring (bicyclic) bond motifs is 1. The van der Waals surface area contributed by atoms with Gasteiger partial charge in [-0.15, -0.1) is 10.2 Å². The molecule has 6 nitrogen and oxygen atoms in total. The van der Waals surface area contributed by atoms with Crippen molar-refractivity contribution in [3.05, 3.63) is 41.7 Å². The maximum absolute atomic E-state index is 13.7. The molecule has 1 saturated heterocycles. The van der Waals surface area contributed by atoms with Gasteiger partial charge in [0.1, 0.15) is 17.5 Å². The van der Waals surface area contributed by atoms with Crippen LogP contribution in [0.4, 0.5) is 14.9 Å². The van der Waals surface area contributed by atoms with E-state index in [1.165, 1.54) is 25.3 Å². The number of halogens is 1. The number of aryl methyl sites for hydroxylation is 1. The molecule has 0 unspecified atom stereocenters. The molecular weight excluding hydrogens is 333 g/mol. The number of nitrogens with zero attached hydrogens (tertiary/aromatic N) is 4. The second kappa shape index (κ2) is 7.43. The Morgan fingerprint density at radius 1 is 1.08 bits per heavy atom. The van der Waals surface area contributed by atoms with Gasteiger partial charge in [0.05, 0.1) is 5.69 Å². The molecule has 0 spiro atoms. The number of carbonyl (C=O) groups excluding carboxylic acids is 1. The minimum atomic E-state index is -0.415. The highest BCUT2D eigenvalue weighted by atomic mass is 19.1. The van der Waals surface area contributed by atoms with Gasteiger partial charge in [0.25, 0.3) is 0 Å². The Morgan fingerprint density at radius 2 is 1.88 bits per heavy atom. The van der Waals surface area contributed by atoms with Gasteiger partial charge in [0, 0.05) is 32.0 Å². The Bertz CT molecular complexity index is 782. The molecule has 1 N–H and O–H groups in total. The highest BCUT2D eigenvalue weighted by Crippen LogP contribution is 2.29. The van der Waals surface area contributed by atoms with E-state index in [1.807, 2.05) is 0 Å². The number of piperidine rings is 1. The van der Waals surface area contributed by atoms with E-state index in [2.05, 4.69) is 20.1 Å². The maximum atomic E-state index is 13.7. The third-order valence-electron chi connectivity index (χ3n) is 5.40. The van der Waals surface area contributed by atoms with Gasteiger partial charge < -0.3 is 14.8 Å². The third-order valence-corrected chi connectivity index (χ3v) is 5.40. The predicted octanol–water partition coefficient (Wildman–Crippen LogP) is 3.56. The summed E-state index contributed by atoms with van der Waals surface area (Å²) in [5.74, 6) is 2.11. The maximum Gasteiger partial charge on any atom is 0.321 e. The lowest BCUT2D eigenvalue weighted by Gasteiger charge is -2.31. The van der Waals surface area contributed by atoms with E-state index in [9.17, 15) is 9.18 Å². The fourth-order valence-electron chi connectivity index (χ4n) is 3.91. The minimum absolute atomic E-state index is 0.224. The second-order valence-corrected chi connectivity index (χ2v) is 7.11. The minimum Gasteiger partial charge on any atom is -0.324 e. The van der Waals surface area contributed by atoms with Crippen molar-refractivity contribution in [1.29, 1.82) is 0 Å². The van der Waals surface area contributed by atoms with Crippen molar-refractivity contribution < 1.29 is 9.18 Å². The van der Waals surface area contributed by atoms with Crippen LogP contribution in [0.3, 0.4) is 0 Å². The van der Waals surface area contributed by atoms with E-state index < -0.39 is 5.82 Å². The van der Waals surface area contributed by atoms with Gasteiger partial charge in [-0.1, -0.05) is 18.6 Å². The smallest absolute Gasteiger partial charge is 0.321 e. The van der Waals surface area contributed by atoms with E-state index >= 15 is 0 Å². The van der Waals surface area contributed by atoms with Crippen molar-refractivity contribution in [3.8, 4) is 0 Å². The number of para-hydroxylation sites is 1. The lowest BCUT2D eigenvalue weighted by molar-refractivity contribution is 0.192. The van der Waals surface area contributed by atoms with Gasteiger partial charge in [-0.05, 0) is 37.8 Å². The van der Waals surface area contributed by atoms with Crippen molar-refractivity contribution in [3.63, 3.8) is 0 Å². The molecule has 1 aromatic heterocycles. The van der Waals surface area contributed by atoms with Gasteiger partial charge in [0.15, 0.2) is 0 Å². The fourth-order valence-corrected chi connectivity index (χ4v) is 3.91. The zero-order valence-corrected chi connectivity index (χ0v) is 14.8. The van der Waals surface area contributed by atoms with Crippen LogP contribution in [0, 0.1) is 5.82 Å². The number of likely N-dealkylation sites (tertiary alicyclic amines) is 1. The van der Waals surface area contributed by atoms with E-state index in [0.717, 1.165) is 37.5 Å². The molecule has 0 radical (unpaired) electrons. The zero-order valence-electron chi connectivity index (χ0n) is 14.8. The Morgan fingerprint density at radius 3 is 2.69 bits per heavy atom. The summed E-state index contributed by atoms with van der Waals surface area (Å²) >= 11 is 0. The molecular formula is C19H24FN5O. The summed E-state index contributed by atoms with van der Waals surface area (Å²) < 4.78 is 16.0. The monoisotopic (exact) mass is 357 g/mol. The predicted molar refractivity (Wildman–Crippen MR) is 96.5 cm³/mol. The topological polar surface area (TPSA) is 63.1 Å². The molecule has 3 heterocycles. The van der Waals surface area contributed by atoms with E-state index in [1.54, 1.807) is 23.1 Å². The van der Waals surface area contributed by atoms with Crippen LogP contribution < -0.4 is 5.32 Å². The van der Waals surface area contributed by atoms with Gasteiger partial charge in [0.2, 0.25) is 0 Å². The van der Waals surface area contributed by atoms with Crippen molar-refractivity contribution in [2.45, 2.75) is 51.0 Å². The molecule has 1 aromatic carbocycles. The summed E-state index contributed by atoms with van der Waals surface area (Å²) in [5, 5.41) is 11.5. The number of nitrogens with one attached hydrogen (secondary N) is 1. The number of amides is 2. The molecule has 0 saturated carbocycles. The number of carbonyl (C=O) groups is 1. The lowest BCUT2D eigenvalue weighted by Crippen LogP contribution is -2.41. The van der Waals surface area contributed by atoms with Crippen LogP contribution in [0.15, 0.2) is 24.3 Å². The van der Waals surface area contributed by atoms with Crippen LogP contribution in [0.2, 0.25) is 0 Å². The fraction of sp³-hybridized carbons (Fsp3) is 0.526. The Balaban J connectivity index is 1.38. The lowest BCUT2D eigenvalue weighted by atomic mass is 9.96. The van der Waals surface area contributed by atoms with E-state index in [4.69, 9.17) is 0 Å². The summed E-state index contributed by atoms with van der Waals surface area (Å²) in [6, 6.07) is 6.00. The summed E-state index contributed by atoms with van der Waals surface area (Å²) in [4.78, 5) is 14.2. The van der Waals surface area contributed by atoms with Gasteiger partial charge >= 0.3 is 6.03 Å². The molecule has 1 fully saturated rings. The SMILES string of the molecule is O=C(Nc1ccccc1F)N1CCC(c2nnc3n2CCCCC3)CC1. The molecule has 26 heavy (non-hydrogen) atoms. The molecule has 4 rings (SSSR count). The number of hydrogen-bond acceptors (Lipinski definition) is 3. The van der Waals surface area contributed by atoms with Gasteiger partial charge in [-0.3, -0.25) is 0 Å². The van der Waals surface area contributed by atoms with Crippen LogP contribution >= 0.6 is 0 Å². The van der Waals surface area contributed by atoms with Crippen molar-refractivity contribution in [2.24, 2.45) is 0 Å². The number of benzene rings is 1. The summed E-state index contributed by atoms with van der Waals surface area (Å²) in [6.45, 7) is 2.30. The van der Waals surface area contributed by atoms with E-state index in [-0.39, 0.29) is 11.7 Å². The molecule has 2 aliphatic rings. The standard InChI is InChI=1S/C19H24FN5O/c20-15-6-3-4-7-16(15)21-19(26)24-12-9-14(10-13-24)18-23-22-17-8-2-1-5-11-25(17)18/h3-4,6-7,14H,1-2,5,8-13H2,(H,21,26). The molecule has 0 aliphatic carbocycles. The van der Waals surface area contributed by atoms with Gasteiger partial charge in [-0.2, -0.15) is 0 Å². The quantitative estimate of drug-likeness (QED) is 0.894. The molecule has 2 amide bonds. The summed E-state index contributed by atoms with van der Waals surface area (Å²) in [6.07, 6.45) is 6.36. The van der Waals surface area contributed by atoms with Crippen LogP contribution in [-0.4, -0.2) is 38.8 Å². The second-order valence-electron chi connectivity index (χ2n) is 7.11. The summed E-state index contributed by atoms with van der Waals surface area (Å²) in [7, 11) is 0. The first kappa shape index (κ1) is 17.0. The molecule has 2 aromatic rings. The van der Waals surface area contributed by atoms with Gasteiger partial charge in [-0.25, -0.2) is 9.18 Å². The highest BCUT2D eigenvalue weighted by Gasteiger charge is 2.28. The average Bonchev–Trinajstić information content (AvgIpc) is 2.92. The number of urea groups is 1. The van der Waals surface area contributed by atoms with Crippen molar-refractivity contribution in [2.75, 3.05) is 18.4 Å². The van der Waals surface area contributed by atoms with Crippen LogP contribution in [0.25, 0.3) is 0 Å². The third kappa shape index (κ3) is 3.43. The zero-order chi connectivity index (χ0) is 17.9. The van der Waals surface area contributed by atoms with E-state index in [0.29, 0.717) is 19.0 Å². The highest BCUT2D eigenvalue weighted by molar-refractivity contribution is 5.89. The number of anilines is 1. The van der Waals surface area contributed by atoms with Crippen LogP contribution in [0.1, 0.15) is 49.7 Å². The molecule has 0 bridgehead atoms. The molecule has 138 valence electrons. The Hall–Kier alpha value is -2.44. The largest absolute Gasteiger partial charge is 0.324 e. The first-order valence-corrected chi connectivity index (χ1v) is 9.45. The van der Waals surface area contributed by atoms with Crippen LogP contribution in [-0.2, 0) is 13.0 Å². The van der Waals surface area contributed by atoms with Crippen molar-refractivity contribution in [1.82, 2.24) is 19.7 Å². The first-order valence-electron chi connectivity index (χ1n) is 9.45. The molecule has 2 aliphatic heterocycles. The first-order chi connectivity index (χ1) is 12.7. The Labute approximate surface area is 152 Å². The Kier molecular flexibility index (Phi) is 4.86. The van der Waals surface area contributed by atoms with Crippen LogP contribution in [0.5, 0.6) is 0 Å². The van der Waals surface area contributed by atoms with Crippen molar-refractivity contribution >= 4 is 11.7 Å². The average molecular weight is 357 g/mol. The normalized spacial score (nSPS) is 18.3. The summed E-state index contributed by atoms with van der Waals surface area (Å²) in [5.41, 5.74) is 0.224. The molecule has 7 heteroatoms. The molecule has 0 atom stereocenters. The number of hydrogen-bond donors (Lipinski definition) is 1. The number of aromatic nitrogens is 3. The number of rotatable bonds is 2.